The number of Topliss-reactive ketones (excluding diaryl/α,β-unsaturated/α-hetero) is 1. The summed E-state index contributed by atoms with van der Waals surface area (Å²) in [7, 11) is 1.66. The van der Waals surface area contributed by atoms with Gasteiger partial charge in [0.25, 0.3) is 0 Å². The Labute approximate surface area is 102 Å². The minimum absolute atomic E-state index is 0.0318. The lowest BCUT2D eigenvalue weighted by molar-refractivity contribution is 0.101. The first-order valence-corrected chi connectivity index (χ1v) is 5.53. The van der Waals surface area contributed by atoms with Gasteiger partial charge >= 0.3 is 0 Å². The Morgan fingerprint density at radius 1 is 1.47 bits per heavy atom. The zero-order valence-electron chi connectivity index (χ0n) is 10.8. The van der Waals surface area contributed by atoms with E-state index in [4.69, 9.17) is 10.5 Å². The number of nitrogen functional groups attached to an aromatic ring is 1. The molecular formula is C13H20N2O2. The molecule has 0 amide bonds. The van der Waals surface area contributed by atoms with Crippen molar-refractivity contribution in [1.82, 2.24) is 0 Å². The van der Waals surface area contributed by atoms with Gasteiger partial charge in [-0.05, 0) is 39.0 Å². The highest BCUT2D eigenvalue weighted by Gasteiger charge is 2.17. The molecule has 17 heavy (non-hydrogen) atoms. The Kier molecular flexibility index (Phi) is 4.12. The van der Waals surface area contributed by atoms with E-state index in [1.807, 2.05) is 19.9 Å². The number of anilines is 2. The topological polar surface area (TPSA) is 64.3 Å². The van der Waals surface area contributed by atoms with Gasteiger partial charge in [0.15, 0.2) is 5.78 Å². The monoisotopic (exact) mass is 236 g/mol. The van der Waals surface area contributed by atoms with Gasteiger partial charge in [0.05, 0.1) is 12.1 Å². The lowest BCUT2D eigenvalue weighted by Gasteiger charge is -2.27. The Morgan fingerprint density at radius 3 is 2.65 bits per heavy atom. The van der Waals surface area contributed by atoms with Crippen LogP contribution in [0.3, 0.4) is 0 Å². The van der Waals surface area contributed by atoms with E-state index in [1.165, 1.54) is 6.92 Å². The quantitative estimate of drug-likeness (QED) is 0.608. The second-order valence-electron chi connectivity index (χ2n) is 4.80. The van der Waals surface area contributed by atoms with E-state index in [9.17, 15) is 4.79 Å². The average molecular weight is 236 g/mol. The van der Waals surface area contributed by atoms with E-state index < -0.39 is 0 Å². The molecule has 0 unspecified atom stereocenters. The van der Waals surface area contributed by atoms with Crippen LogP contribution in [0.25, 0.3) is 0 Å². The number of hydrogen-bond donors (Lipinski definition) is 2. The van der Waals surface area contributed by atoms with Crippen molar-refractivity contribution in [2.24, 2.45) is 0 Å². The maximum absolute atomic E-state index is 11.4. The summed E-state index contributed by atoms with van der Waals surface area (Å²) in [5.74, 6) is -0.0318. The fourth-order valence-corrected chi connectivity index (χ4v) is 1.73. The molecule has 1 aromatic carbocycles. The molecule has 94 valence electrons. The molecule has 0 atom stereocenters. The molecule has 0 bridgehead atoms. The van der Waals surface area contributed by atoms with Crippen molar-refractivity contribution >= 4 is 17.2 Å². The largest absolute Gasteiger partial charge is 0.398 e. The van der Waals surface area contributed by atoms with Crippen LogP contribution >= 0.6 is 0 Å². The molecule has 4 heteroatoms. The second kappa shape index (κ2) is 5.19. The van der Waals surface area contributed by atoms with Crippen LogP contribution in [-0.4, -0.2) is 25.0 Å². The van der Waals surface area contributed by atoms with Crippen molar-refractivity contribution in [2.45, 2.75) is 26.3 Å². The summed E-state index contributed by atoms with van der Waals surface area (Å²) in [5, 5.41) is 3.31. The number of rotatable bonds is 5. The third kappa shape index (κ3) is 3.75. The number of ether oxygens (including phenoxy) is 1. The normalized spacial score (nSPS) is 11.3. The van der Waals surface area contributed by atoms with Crippen LogP contribution in [0.2, 0.25) is 0 Å². The standard InChI is InChI=1S/C13H20N2O2/c1-9(16)11-7-10(5-6-12(11)14)15-13(2,3)8-17-4/h5-7,15H,8,14H2,1-4H3. The summed E-state index contributed by atoms with van der Waals surface area (Å²) >= 11 is 0. The number of benzene rings is 1. The molecule has 0 aliphatic carbocycles. The molecule has 3 N–H and O–H groups in total. The number of hydrogen-bond acceptors (Lipinski definition) is 4. The molecular weight excluding hydrogens is 216 g/mol. The predicted molar refractivity (Wildman–Crippen MR) is 70.4 cm³/mol. The zero-order valence-corrected chi connectivity index (χ0v) is 10.8. The molecule has 4 nitrogen and oxygen atoms in total. The molecule has 0 saturated heterocycles. The fourth-order valence-electron chi connectivity index (χ4n) is 1.73. The lowest BCUT2D eigenvalue weighted by atomic mass is 10.0. The van der Waals surface area contributed by atoms with Gasteiger partial charge in [-0.1, -0.05) is 0 Å². The van der Waals surface area contributed by atoms with E-state index >= 15 is 0 Å². The predicted octanol–water partition coefficient (Wildman–Crippen LogP) is 2.31. The number of carbonyl (C=O) groups excluding carboxylic acids is 1. The van der Waals surface area contributed by atoms with Crippen molar-refractivity contribution < 1.29 is 9.53 Å². The Bertz CT molecular complexity index is 414. The van der Waals surface area contributed by atoms with Gasteiger partial charge in [0, 0.05) is 24.0 Å². The lowest BCUT2D eigenvalue weighted by Crippen LogP contribution is -2.35. The third-order valence-corrected chi connectivity index (χ3v) is 2.42. The number of methoxy groups -OCH3 is 1. The Balaban J connectivity index is 2.93. The highest BCUT2D eigenvalue weighted by Crippen LogP contribution is 2.21. The second-order valence-corrected chi connectivity index (χ2v) is 4.80. The first-order chi connectivity index (χ1) is 7.85. The van der Waals surface area contributed by atoms with Gasteiger partial charge in [-0.25, -0.2) is 0 Å². The van der Waals surface area contributed by atoms with Gasteiger partial charge in [-0.3, -0.25) is 4.79 Å². The first-order valence-electron chi connectivity index (χ1n) is 5.53. The van der Waals surface area contributed by atoms with Crippen LogP contribution in [0.5, 0.6) is 0 Å². The van der Waals surface area contributed by atoms with E-state index in [0.717, 1.165) is 5.69 Å². The maximum atomic E-state index is 11.4. The van der Waals surface area contributed by atoms with Crippen molar-refractivity contribution in [3.05, 3.63) is 23.8 Å². The molecule has 1 aromatic rings. The van der Waals surface area contributed by atoms with Crippen molar-refractivity contribution in [3.63, 3.8) is 0 Å². The van der Waals surface area contributed by atoms with E-state index in [-0.39, 0.29) is 11.3 Å². The average Bonchev–Trinajstić information content (AvgIpc) is 2.20. The summed E-state index contributed by atoms with van der Waals surface area (Å²) in [6.07, 6.45) is 0. The summed E-state index contributed by atoms with van der Waals surface area (Å²) in [4.78, 5) is 11.4. The highest BCUT2D eigenvalue weighted by atomic mass is 16.5. The minimum Gasteiger partial charge on any atom is -0.398 e. The van der Waals surface area contributed by atoms with Crippen LogP contribution in [-0.2, 0) is 4.74 Å². The Morgan fingerprint density at radius 2 is 2.12 bits per heavy atom. The molecule has 0 saturated carbocycles. The van der Waals surface area contributed by atoms with E-state index in [2.05, 4.69) is 5.32 Å². The summed E-state index contributed by atoms with van der Waals surface area (Å²) in [5.41, 5.74) is 7.46. The molecule has 0 fully saturated rings. The maximum Gasteiger partial charge on any atom is 0.161 e. The molecule has 1 rings (SSSR count). The number of ketones is 1. The van der Waals surface area contributed by atoms with E-state index in [0.29, 0.717) is 17.9 Å². The van der Waals surface area contributed by atoms with Crippen LogP contribution in [0.1, 0.15) is 31.1 Å². The Hall–Kier alpha value is -1.55. The molecule has 0 aliphatic rings. The van der Waals surface area contributed by atoms with Crippen LogP contribution in [0.15, 0.2) is 18.2 Å². The van der Waals surface area contributed by atoms with Gasteiger partial charge < -0.3 is 15.8 Å². The SMILES string of the molecule is COCC(C)(C)Nc1ccc(N)c(C(C)=O)c1. The summed E-state index contributed by atoms with van der Waals surface area (Å²) < 4.78 is 5.13. The number of carbonyl (C=O) groups is 1. The smallest absolute Gasteiger partial charge is 0.161 e. The highest BCUT2D eigenvalue weighted by molar-refractivity contribution is 6.00. The van der Waals surface area contributed by atoms with Crippen molar-refractivity contribution in [1.29, 1.82) is 0 Å². The summed E-state index contributed by atoms with van der Waals surface area (Å²) in [6, 6.07) is 5.37. The molecule has 0 aliphatic heterocycles. The van der Waals surface area contributed by atoms with Crippen LogP contribution in [0.4, 0.5) is 11.4 Å². The van der Waals surface area contributed by atoms with Gasteiger partial charge in [0.1, 0.15) is 0 Å². The van der Waals surface area contributed by atoms with Gasteiger partial charge in [-0.2, -0.15) is 0 Å². The summed E-state index contributed by atoms with van der Waals surface area (Å²) in [6.45, 7) is 6.14. The van der Waals surface area contributed by atoms with E-state index in [1.54, 1.807) is 19.2 Å². The van der Waals surface area contributed by atoms with Gasteiger partial charge in [0.2, 0.25) is 0 Å². The molecule has 0 aromatic heterocycles. The number of nitrogens with two attached hydrogens (primary N) is 1. The third-order valence-electron chi connectivity index (χ3n) is 2.42. The zero-order chi connectivity index (χ0) is 13.1. The molecule has 0 spiro atoms. The molecule has 0 heterocycles. The van der Waals surface area contributed by atoms with Crippen molar-refractivity contribution in [2.75, 3.05) is 24.8 Å². The van der Waals surface area contributed by atoms with Crippen LogP contribution in [0, 0.1) is 0 Å². The van der Waals surface area contributed by atoms with Crippen molar-refractivity contribution in [3.8, 4) is 0 Å². The number of nitrogens with one attached hydrogen (secondary N) is 1. The minimum atomic E-state index is -0.196. The fraction of sp³-hybridized carbons (Fsp3) is 0.462. The molecule has 0 radical (unpaired) electrons. The van der Waals surface area contributed by atoms with Gasteiger partial charge in [-0.15, -0.1) is 0 Å². The van der Waals surface area contributed by atoms with Crippen LogP contribution < -0.4 is 11.1 Å². The first kappa shape index (κ1) is 13.5.